The van der Waals surface area contributed by atoms with Gasteiger partial charge in [0, 0.05) is 19.2 Å². The van der Waals surface area contributed by atoms with Crippen molar-refractivity contribution in [3.8, 4) is 0 Å². The van der Waals surface area contributed by atoms with E-state index in [2.05, 4.69) is 15.6 Å². The fourth-order valence-corrected chi connectivity index (χ4v) is 2.04. The Morgan fingerprint density at radius 2 is 2.24 bits per heavy atom. The van der Waals surface area contributed by atoms with E-state index in [1.165, 1.54) is 11.3 Å². The standard InChI is InChI=1S/C10H18N4O2S/c1-10(2,4-5-15)14-8(16)6-7(11)13-9(12-3)17-6/h15H,4-5,11H2,1-3H3,(H,12,13)(H,14,16). The van der Waals surface area contributed by atoms with Gasteiger partial charge in [0.2, 0.25) is 0 Å². The van der Waals surface area contributed by atoms with E-state index in [-0.39, 0.29) is 18.3 Å². The van der Waals surface area contributed by atoms with Gasteiger partial charge in [-0.05, 0) is 20.3 Å². The molecule has 0 unspecified atom stereocenters. The van der Waals surface area contributed by atoms with E-state index >= 15 is 0 Å². The third-order valence-electron chi connectivity index (χ3n) is 2.26. The number of aromatic nitrogens is 1. The minimum absolute atomic E-state index is 0.0210. The van der Waals surface area contributed by atoms with Crippen LogP contribution in [0.25, 0.3) is 0 Å². The largest absolute Gasteiger partial charge is 0.396 e. The van der Waals surface area contributed by atoms with Gasteiger partial charge in [-0.25, -0.2) is 4.98 Å². The summed E-state index contributed by atoms with van der Waals surface area (Å²) < 4.78 is 0. The fourth-order valence-electron chi connectivity index (χ4n) is 1.31. The van der Waals surface area contributed by atoms with Gasteiger partial charge in [0.1, 0.15) is 10.7 Å². The molecule has 96 valence electrons. The summed E-state index contributed by atoms with van der Waals surface area (Å²) >= 11 is 1.20. The molecule has 1 aromatic rings. The first-order valence-electron chi connectivity index (χ1n) is 5.27. The number of aliphatic hydroxyl groups is 1. The Kier molecular flexibility index (Phi) is 4.30. The van der Waals surface area contributed by atoms with Gasteiger partial charge in [-0.2, -0.15) is 0 Å². The Labute approximate surface area is 104 Å². The minimum Gasteiger partial charge on any atom is -0.396 e. The van der Waals surface area contributed by atoms with Gasteiger partial charge in [0.25, 0.3) is 5.91 Å². The number of amides is 1. The summed E-state index contributed by atoms with van der Waals surface area (Å²) in [6, 6.07) is 0. The molecule has 7 heteroatoms. The number of aliphatic hydroxyl groups excluding tert-OH is 1. The monoisotopic (exact) mass is 258 g/mol. The first-order valence-corrected chi connectivity index (χ1v) is 6.08. The molecule has 0 radical (unpaired) electrons. The maximum atomic E-state index is 12.0. The number of nitrogens with two attached hydrogens (primary N) is 1. The van der Waals surface area contributed by atoms with E-state index in [0.29, 0.717) is 16.4 Å². The van der Waals surface area contributed by atoms with E-state index in [0.717, 1.165) is 0 Å². The molecule has 0 aliphatic carbocycles. The molecule has 6 nitrogen and oxygen atoms in total. The fraction of sp³-hybridized carbons (Fsp3) is 0.600. The predicted molar refractivity (Wildman–Crippen MR) is 69.3 cm³/mol. The summed E-state index contributed by atoms with van der Waals surface area (Å²) in [5.41, 5.74) is 5.19. The highest BCUT2D eigenvalue weighted by molar-refractivity contribution is 7.18. The molecular formula is C10H18N4O2S. The molecule has 1 rings (SSSR count). The molecular weight excluding hydrogens is 240 g/mol. The molecule has 0 saturated heterocycles. The van der Waals surface area contributed by atoms with Crippen molar-refractivity contribution in [1.82, 2.24) is 10.3 Å². The van der Waals surface area contributed by atoms with Gasteiger partial charge in [-0.1, -0.05) is 11.3 Å². The van der Waals surface area contributed by atoms with E-state index in [9.17, 15) is 4.79 Å². The quantitative estimate of drug-likeness (QED) is 0.621. The molecule has 0 bridgehead atoms. The Morgan fingerprint density at radius 3 is 2.71 bits per heavy atom. The lowest BCUT2D eigenvalue weighted by Crippen LogP contribution is -2.43. The zero-order valence-corrected chi connectivity index (χ0v) is 11.0. The van der Waals surface area contributed by atoms with Crippen molar-refractivity contribution in [2.45, 2.75) is 25.8 Å². The Hall–Kier alpha value is -1.34. The van der Waals surface area contributed by atoms with E-state index in [1.54, 1.807) is 7.05 Å². The first-order chi connectivity index (χ1) is 7.89. The molecule has 0 fully saturated rings. The van der Waals surface area contributed by atoms with Crippen LogP contribution in [0.5, 0.6) is 0 Å². The number of nitrogens with one attached hydrogen (secondary N) is 2. The van der Waals surface area contributed by atoms with Crippen molar-refractivity contribution in [3.63, 3.8) is 0 Å². The van der Waals surface area contributed by atoms with Gasteiger partial charge in [-0.3, -0.25) is 4.79 Å². The molecule has 1 aromatic heterocycles. The highest BCUT2D eigenvalue weighted by Crippen LogP contribution is 2.25. The maximum absolute atomic E-state index is 12.0. The Bertz CT molecular complexity index is 403. The second-order valence-corrected chi connectivity index (χ2v) is 5.29. The lowest BCUT2D eigenvalue weighted by Gasteiger charge is -2.24. The summed E-state index contributed by atoms with van der Waals surface area (Å²) in [5, 5.41) is 15.1. The van der Waals surface area contributed by atoms with Crippen LogP contribution < -0.4 is 16.4 Å². The molecule has 0 spiro atoms. The average Bonchev–Trinajstić information content (AvgIpc) is 2.58. The third kappa shape index (κ3) is 3.57. The highest BCUT2D eigenvalue weighted by atomic mass is 32.1. The smallest absolute Gasteiger partial charge is 0.265 e. The second-order valence-electron chi connectivity index (χ2n) is 4.29. The summed E-state index contributed by atoms with van der Waals surface area (Å²) in [6.07, 6.45) is 0.482. The van der Waals surface area contributed by atoms with Gasteiger partial charge in [-0.15, -0.1) is 0 Å². The number of thiazole rings is 1. The van der Waals surface area contributed by atoms with Crippen LogP contribution in [0.3, 0.4) is 0 Å². The SMILES string of the molecule is CNc1nc(N)c(C(=O)NC(C)(C)CCO)s1. The molecule has 1 heterocycles. The number of carbonyl (C=O) groups is 1. The highest BCUT2D eigenvalue weighted by Gasteiger charge is 2.23. The van der Waals surface area contributed by atoms with Crippen LogP contribution in [0, 0.1) is 0 Å². The maximum Gasteiger partial charge on any atom is 0.265 e. The molecule has 0 aliphatic heterocycles. The van der Waals surface area contributed by atoms with Crippen LogP contribution in [0.2, 0.25) is 0 Å². The number of nitrogens with zero attached hydrogens (tertiary/aromatic N) is 1. The van der Waals surface area contributed by atoms with Crippen LogP contribution in [-0.4, -0.2) is 35.2 Å². The zero-order chi connectivity index (χ0) is 13.1. The minimum atomic E-state index is -0.470. The number of nitrogen functional groups attached to an aromatic ring is 1. The molecule has 0 atom stereocenters. The number of rotatable bonds is 5. The lowest BCUT2D eigenvalue weighted by molar-refractivity contribution is 0.0904. The van der Waals surface area contributed by atoms with E-state index in [4.69, 9.17) is 10.8 Å². The van der Waals surface area contributed by atoms with E-state index in [1.807, 2.05) is 13.8 Å². The van der Waals surface area contributed by atoms with Crippen molar-refractivity contribution >= 4 is 28.2 Å². The number of carbonyl (C=O) groups excluding carboxylic acids is 1. The predicted octanol–water partition coefficient (Wildman–Crippen LogP) is 0.658. The van der Waals surface area contributed by atoms with Crippen molar-refractivity contribution in [1.29, 1.82) is 0 Å². The van der Waals surface area contributed by atoms with Gasteiger partial charge < -0.3 is 21.5 Å². The zero-order valence-electron chi connectivity index (χ0n) is 10.2. The van der Waals surface area contributed by atoms with Crippen LogP contribution in [0.1, 0.15) is 29.9 Å². The van der Waals surface area contributed by atoms with Crippen LogP contribution in [-0.2, 0) is 0 Å². The number of anilines is 2. The summed E-state index contributed by atoms with van der Waals surface area (Å²) in [6.45, 7) is 3.71. The average molecular weight is 258 g/mol. The molecule has 5 N–H and O–H groups in total. The van der Waals surface area contributed by atoms with Crippen LogP contribution in [0.15, 0.2) is 0 Å². The molecule has 0 saturated carbocycles. The van der Waals surface area contributed by atoms with Crippen LogP contribution >= 0.6 is 11.3 Å². The second kappa shape index (κ2) is 5.33. The third-order valence-corrected chi connectivity index (χ3v) is 3.35. The van der Waals surface area contributed by atoms with Gasteiger partial charge in [0.05, 0.1) is 0 Å². The summed E-state index contributed by atoms with van der Waals surface area (Å²) in [4.78, 5) is 16.3. The Balaban J connectivity index is 2.79. The van der Waals surface area contributed by atoms with Gasteiger partial charge in [0.15, 0.2) is 5.13 Å². The van der Waals surface area contributed by atoms with Crippen molar-refractivity contribution in [2.24, 2.45) is 0 Å². The van der Waals surface area contributed by atoms with Crippen molar-refractivity contribution in [3.05, 3.63) is 4.88 Å². The molecule has 0 aliphatic rings. The number of hydrogen-bond donors (Lipinski definition) is 4. The molecule has 1 amide bonds. The molecule has 17 heavy (non-hydrogen) atoms. The normalized spacial score (nSPS) is 11.3. The van der Waals surface area contributed by atoms with Crippen LogP contribution in [0.4, 0.5) is 10.9 Å². The van der Waals surface area contributed by atoms with Gasteiger partial charge >= 0.3 is 0 Å². The number of hydrogen-bond acceptors (Lipinski definition) is 6. The van der Waals surface area contributed by atoms with E-state index < -0.39 is 5.54 Å². The van der Waals surface area contributed by atoms with Crippen molar-refractivity contribution in [2.75, 3.05) is 24.7 Å². The Morgan fingerprint density at radius 1 is 1.59 bits per heavy atom. The van der Waals surface area contributed by atoms with Crippen molar-refractivity contribution < 1.29 is 9.90 Å². The summed E-state index contributed by atoms with van der Waals surface area (Å²) in [7, 11) is 1.72. The lowest BCUT2D eigenvalue weighted by atomic mass is 10.0. The summed E-state index contributed by atoms with van der Waals surface area (Å²) in [5.74, 6) is -0.0448. The topological polar surface area (TPSA) is 100 Å². The molecule has 0 aromatic carbocycles. The first kappa shape index (κ1) is 13.7.